The number of hydrogen-bond donors (Lipinski definition) is 1. The quantitative estimate of drug-likeness (QED) is 0.670. The highest BCUT2D eigenvalue weighted by Gasteiger charge is 2.30. The molecule has 84 valence electrons. The lowest BCUT2D eigenvalue weighted by molar-refractivity contribution is 0.0397. The van der Waals surface area contributed by atoms with Crippen LogP contribution in [0.3, 0.4) is 0 Å². The molecule has 3 heteroatoms. The molecule has 1 heterocycles. The van der Waals surface area contributed by atoms with Gasteiger partial charge in [-0.1, -0.05) is 0 Å². The lowest BCUT2D eigenvalue weighted by Crippen LogP contribution is -2.57. The monoisotopic (exact) mass is 199 g/mol. The second-order valence-electron chi connectivity index (χ2n) is 4.97. The lowest BCUT2D eigenvalue weighted by atomic mass is 10.00. The van der Waals surface area contributed by atoms with E-state index in [1.54, 1.807) is 0 Å². The van der Waals surface area contributed by atoms with Gasteiger partial charge in [-0.25, -0.2) is 0 Å². The highest BCUT2D eigenvalue weighted by atomic mass is 15.3. The van der Waals surface area contributed by atoms with E-state index in [1.807, 2.05) is 7.05 Å². The number of likely N-dealkylation sites (N-methyl/N-ethyl adjacent to an activating group) is 1. The molecule has 0 saturated carbocycles. The Balaban J connectivity index is 2.29. The summed E-state index contributed by atoms with van der Waals surface area (Å²) in [5, 5.41) is 3.20. The average molecular weight is 199 g/mol. The zero-order chi connectivity index (χ0) is 10.6. The first-order valence-electron chi connectivity index (χ1n) is 5.64. The minimum Gasteiger partial charge on any atom is -0.320 e. The molecule has 0 aromatic heterocycles. The Labute approximate surface area is 88.5 Å². The summed E-state index contributed by atoms with van der Waals surface area (Å²) < 4.78 is 0. The Kier molecular flexibility index (Phi) is 4.35. The zero-order valence-electron chi connectivity index (χ0n) is 10.1. The van der Waals surface area contributed by atoms with E-state index < -0.39 is 0 Å². The van der Waals surface area contributed by atoms with Crippen molar-refractivity contribution in [3.05, 3.63) is 0 Å². The molecule has 1 saturated heterocycles. The Morgan fingerprint density at radius 3 is 2.57 bits per heavy atom. The number of hydrogen-bond acceptors (Lipinski definition) is 3. The van der Waals surface area contributed by atoms with Gasteiger partial charge >= 0.3 is 0 Å². The predicted molar refractivity (Wildman–Crippen MR) is 61.7 cm³/mol. The Bertz CT molecular complexity index is 168. The molecule has 14 heavy (non-hydrogen) atoms. The maximum Gasteiger partial charge on any atom is 0.0277 e. The van der Waals surface area contributed by atoms with Gasteiger partial charge in [0.1, 0.15) is 0 Å². The molecule has 0 aromatic rings. The van der Waals surface area contributed by atoms with E-state index in [2.05, 4.69) is 36.0 Å². The molecule has 0 radical (unpaired) electrons. The topological polar surface area (TPSA) is 18.5 Å². The Morgan fingerprint density at radius 1 is 1.29 bits per heavy atom. The fourth-order valence-corrected chi connectivity index (χ4v) is 2.01. The molecule has 1 aliphatic heterocycles. The van der Waals surface area contributed by atoms with E-state index >= 15 is 0 Å². The van der Waals surface area contributed by atoms with Crippen LogP contribution in [0.4, 0.5) is 0 Å². The van der Waals surface area contributed by atoms with Crippen LogP contribution in [0.5, 0.6) is 0 Å². The molecule has 0 atom stereocenters. The molecule has 0 aliphatic carbocycles. The molecule has 0 spiro atoms. The van der Waals surface area contributed by atoms with Gasteiger partial charge in [0, 0.05) is 25.2 Å². The molecule has 0 aromatic carbocycles. The summed E-state index contributed by atoms with van der Waals surface area (Å²) in [5.74, 6) is 0. The molecular weight excluding hydrogens is 174 g/mol. The third-order valence-electron chi connectivity index (χ3n) is 3.30. The van der Waals surface area contributed by atoms with Gasteiger partial charge in [0.2, 0.25) is 0 Å². The molecule has 1 N–H and O–H groups in total. The molecule has 3 nitrogen and oxygen atoms in total. The van der Waals surface area contributed by atoms with E-state index in [1.165, 1.54) is 32.6 Å². The second-order valence-corrected chi connectivity index (χ2v) is 4.97. The predicted octanol–water partition coefficient (Wildman–Crippen LogP) is 0.622. The van der Waals surface area contributed by atoms with Crippen LogP contribution in [0.15, 0.2) is 0 Å². The first kappa shape index (κ1) is 12.0. The van der Waals surface area contributed by atoms with Crippen molar-refractivity contribution >= 4 is 0 Å². The highest BCUT2D eigenvalue weighted by molar-refractivity contribution is 4.87. The van der Waals surface area contributed by atoms with Gasteiger partial charge in [-0.05, 0) is 47.5 Å². The van der Waals surface area contributed by atoms with Crippen LogP contribution < -0.4 is 5.32 Å². The molecule has 1 fully saturated rings. The minimum atomic E-state index is 0.345. The summed E-state index contributed by atoms with van der Waals surface area (Å²) >= 11 is 0. The number of rotatable bonds is 4. The van der Waals surface area contributed by atoms with Crippen LogP contribution in [0.1, 0.15) is 20.3 Å². The van der Waals surface area contributed by atoms with Crippen molar-refractivity contribution in [2.45, 2.75) is 25.8 Å². The van der Waals surface area contributed by atoms with Gasteiger partial charge in [0.05, 0.1) is 0 Å². The zero-order valence-corrected chi connectivity index (χ0v) is 10.1. The highest BCUT2D eigenvalue weighted by Crippen LogP contribution is 2.18. The third-order valence-corrected chi connectivity index (χ3v) is 3.30. The second kappa shape index (κ2) is 5.10. The first-order valence-corrected chi connectivity index (χ1v) is 5.64. The van der Waals surface area contributed by atoms with Crippen molar-refractivity contribution in [3.8, 4) is 0 Å². The summed E-state index contributed by atoms with van der Waals surface area (Å²) in [4.78, 5) is 5.04. The van der Waals surface area contributed by atoms with Gasteiger partial charge in [-0.3, -0.25) is 4.90 Å². The molecule has 0 unspecified atom stereocenters. The molecular formula is C11H25N3. The van der Waals surface area contributed by atoms with Gasteiger partial charge in [0.25, 0.3) is 0 Å². The van der Waals surface area contributed by atoms with Crippen molar-refractivity contribution in [1.82, 2.24) is 15.1 Å². The van der Waals surface area contributed by atoms with Gasteiger partial charge in [-0.2, -0.15) is 0 Å². The molecule has 0 amide bonds. The molecule has 1 rings (SSSR count). The third kappa shape index (κ3) is 3.23. The van der Waals surface area contributed by atoms with Crippen molar-refractivity contribution in [2.75, 3.05) is 46.8 Å². The lowest BCUT2D eigenvalue weighted by Gasteiger charge is -2.45. The summed E-state index contributed by atoms with van der Waals surface area (Å²) in [5.41, 5.74) is 0.345. The number of nitrogens with zero attached hydrogens (tertiary/aromatic N) is 2. The van der Waals surface area contributed by atoms with Crippen molar-refractivity contribution in [1.29, 1.82) is 0 Å². The summed E-state index contributed by atoms with van der Waals surface area (Å²) in [6.07, 6.45) is 1.26. The van der Waals surface area contributed by atoms with E-state index in [0.717, 1.165) is 6.54 Å². The fourth-order valence-electron chi connectivity index (χ4n) is 2.01. The Hall–Kier alpha value is -0.120. The van der Waals surface area contributed by atoms with E-state index in [-0.39, 0.29) is 0 Å². The Morgan fingerprint density at radius 2 is 2.00 bits per heavy atom. The minimum absolute atomic E-state index is 0.345. The van der Waals surface area contributed by atoms with Crippen LogP contribution in [0.25, 0.3) is 0 Å². The standard InChI is InChI=1S/C11H25N3/c1-11(2)10-14(7-5-6-12-3)9-8-13(11)4/h12H,5-10H2,1-4H3. The van der Waals surface area contributed by atoms with Gasteiger partial charge in [0.15, 0.2) is 0 Å². The smallest absolute Gasteiger partial charge is 0.0277 e. The van der Waals surface area contributed by atoms with Crippen LogP contribution in [-0.4, -0.2) is 62.2 Å². The van der Waals surface area contributed by atoms with Crippen LogP contribution in [0.2, 0.25) is 0 Å². The van der Waals surface area contributed by atoms with Gasteiger partial charge < -0.3 is 10.2 Å². The first-order chi connectivity index (χ1) is 6.56. The van der Waals surface area contributed by atoms with Crippen molar-refractivity contribution in [2.24, 2.45) is 0 Å². The van der Waals surface area contributed by atoms with E-state index in [9.17, 15) is 0 Å². The molecule has 0 bridgehead atoms. The fraction of sp³-hybridized carbons (Fsp3) is 1.00. The van der Waals surface area contributed by atoms with E-state index in [4.69, 9.17) is 0 Å². The number of nitrogens with one attached hydrogen (secondary N) is 1. The van der Waals surface area contributed by atoms with Crippen molar-refractivity contribution < 1.29 is 0 Å². The number of piperazine rings is 1. The van der Waals surface area contributed by atoms with Crippen LogP contribution in [-0.2, 0) is 0 Å². The average Bonchev–Trinajstić information content (AvgIpc) is 2.11. The largest absolute Gasteiger partial charge is 0.320 e. The van der Waals surface area contributed by atoms with E-state index in [0.29, 0.717) is 5.54 Å². The molecule has 1 aliphatic rings. The normalized spacial score (nSPS) is 24.0. The summed E-state index contributed by atoms with van der Waals surface area (Å²) in [6.45, 7) is 10.7. The SMILES string of the molecule is CNCCCN1CCN(C)C(C)(C)C1. The maximum atomic E-state index is 3.20. The summed E-state index contributed by atoms with van der Waals surface area (Å²) in [7, 11) is 4.25. The summed E-state index contributed by atoms with van der Waals surface area (Å²) in [6, 6.07) is 0. The van der Waals surface area contributed by atoms with Gasteiger partial charge in [-0.15, -0.1) is 0 Å². The van der Waals surface area contributed by atoms with Crippen LogP contribution >= 0.6 is 0 Å². The maximum absolute atomic E-state index is 3.20. The van der Waals surface area contributed by atoms with Crippen LogP contribution in [0, 0.1) is 0 Å². The van der Waals surface area contributed by atoms with Crippen molar-refractivity contribution in [3.63, 3.8) is 0 Å².